The molecule has 1 N–H and O–H groups in total. The Bertz CT molecular complexity index is 288. The first kappa shape index (κ1) is 10.5. The van der Waals surface area contributed by atoms with Crippen LogP contribution in [0.15, 0.2) is 24.3 Å². The highest BCUT2D eigenvalue weighted by atomic mass is 16.5. The molecular weight excluding hydrogens is 186 g/mol. The summed E-state index contributed by atoms with van der Waals surface area (Å²) >= 11 is 0. The Morgan fingerprint density at radius 1 is 1.33 bits per heavy atom. The molecule has 1 unspecified atom stereocenters. The molecule has 1 fully saturated rings. The molecule has 1 aromatic rings. The fourth-order valence-corrected chi connectivity index (χ4v) is 2.14. The van der Waals surface area contributed by atoms with Crippen molar-refractivity contribution in [1.82, 2.24) is 5.32 Å². The van der Waals surface area contributed by atoms with Gasteiger partial charge in [0.15, 0.2) is 0 Å². The highest BCUT2D eigenvalue weighted by Gasteiger charge is 2.13. The zero-order valence-electron chi connectivity index (χ0n) is 9.33. The summed E-state index contributed by atoms with van der Waals surface area (Å²) in [5, 5.41) is 3.52. The fraction of sp³-hybridized carbons (Fsp3) is 0.538. The molecule has 0 amide bonds. The van der Waals surface area contributed by atoms with E-state index in [1.165, 1.54) is 37.8 Å². The van der Waals surface area contributed by atoms with E-state index in [1.54, 1.807) is 7.11 Å². The molecule has 0 bridgehead atoms. The maximum atomic E-state index is 5.13. The predicted octanol–water partition coefficient (Wildman–Crippen LogP) is 2.38. The summed E-state index contributed by atoms with van der Waals surface area (Å²) in [4.78, 5) is 0. The third kappa shape index (κ3) is 2.96. The van der Waals surface area contributed by atoms with Crippen LogP contribution >= 0.6 is 0 Å². The number of hydrogen-bond acceptors (Lipinski definition) is 2. The monoisotopic (exact) mass is 205 g/mol. The highest BCUT2D eigenvalue weighted by Crippen LogP contribution is 2.15. The van der Waals surface area contributed by atoms with Gasteiger partial charge in [-0.3, -0.25) is 0 Å². The van der Waals surface area contributed by atoms with Crippen LogP contribution in [0.5, 0.6) is 5.75 Å². The number of methoxy groups -OCH3 is 1. The summed E-state index contributed by atoms with van der Waals surface area (Å²) < 4.78 is 5.13. The van der Waals surface area contributed by atoms with Gasteiger partial charge in [-0.25, -0.2) is 0 Å². The molecule has 15 heavy (non-hydrogen) atoms. The Morgan fingerprint density at radius 2 is 2.13 bits per heavy atom. The van der Waals surface area contributed by atoms with Gasteiger partial charge in [-0.2, -0.15) is 0 Å². The average Bonchev–Trinajstić information content (AvgIpc) is 2.80. The van der Waals surface area contributed by atoms with Crippen molar-refractivity contribution in [3.8, 4) is 5.75 Å². The Labute approximate surface area is 91.6 Å². The van der Waals surface area contributed by atoms with E-state index < -0.39 is 0 Å². The van der Waals surface area contributed by atoms with Crippen LogP contribution in [0.2, 0.25) is 0 Å². The molecule has 0 aromatic heterocycles. The summed E-state index contributed by atoms with van der Waals surface area (Å²) in [7, 11) is 1.71. The van der Waals surface area contributed by atoms with Crippen LogP contribution in [0.25, 0.3) is 0 Å². The first-order valence-corrected chi connectivity index (χ1v) is 5.75. The number of hydrogen-bond donors (Lipinski definition) is 1. The molecular formula is C13H19NO. The second kappa shape index (κ2) is 5.17. The summed E-state index contributed by atoms with van der Waals surface area (Å²) in [5.74, 6) is 0.942. The lowest BCUT2D eigenvalue weighted by molar-refractivity contribution is 0.414. The topological polar surface area (TPSA) is 21.3 Å². The molecule has 1 saturated heterocycles. The summed E-state index contributed by atoms with van der Waals surface area (Å²) in [6, 6.07) is 9.14. The van der Waals surface area contributed by atoms with E-state index in [2.05, 4.69) is 17.4 Å². The first-order valence-electron chi connectivity index (χ1n) is 5.75. The van der Waals surface area contributed by atoms with Crippen LogP contribution in [0, 0.1) is 0 Å². The van der Waals surface area contributed by atoms with Gasteiger partial charge < -0.3 is 10.1 Å². The van der Waals surface area contributed by atoms with Crippen LogP contribution in [0.1, 0.15) is 24.8 Å². The van der Waals surface area contributed by atoms with Crippen molar-refractivity contribution < 1.29 is 4.74 Å². The minimum Gasteiger partial charge on any atom is -0.497 e. The number of ether oxygens (including phenoxy) is 1. The van der Waals surface area contributed by atoms with Gasteiger partial charge in [-0.15, -0.1) is 0 Å². The summed E-state index contributed by atoms with van der Waals surface area (Å²) in [6.45, 7) is 1.20. The van der Waals surface area contributed by atoms with E-state index in [1.807, 2.05) is 12.1 Å². The van der Waals surface area contributed by atoms with Gasteiger partial charge in [0.25, 0.3) is 0 Å². The molecule has 1 aliphatic heterocycles. The van der Waals surface area contributed by atoms with E-state index >= 15 is 0 Å². The Morgan fingerprint density at radius 3 is 2.73 bits per heavy atom. The lowest BCUT2D eigenvalue weighted by atomic mass is 10.0. The predicted molar refractivity (Wildman–Crippen MR) is 62.3 cm³/mol. The van der Waals surface area contributed by atoms with E-state index in [0.717, 1.165) is 11.8 Å². The molecule has 2 nitrogen and oxygen atoms in total. The van der Waals surface area contributed by atoms with Crippen molar-refractivity contribution in [3.63, 3.8) is 0 Å². The molecule has 1 aromatic carbocycles. The zero-order chi connectivity index (χ0) is 10.5. The van der Waals surface area contributed by atoms with Gasteiger partial charge in [0, 0.05) is 6.04 Å². The standard InChI is InChI=1S/C13H19NO/c1-15-13-8-5-11(6-9-13)4-7-12-3-2-10-14-12/h5-6,8-9,12,14H,2-4,7,10H2,1H3. The van der Waals surface area contributed by atoms with Gasteiger partial charge in [-0.05, 0) is 49.9 Å². The van der Waals surface area contributed by atoms with Crippen molar-refractivity contribution >= 4 is 0 Å². The van der Waals surface area contributed by atoms with Crippen molar-refractivity contribution in [2.45, 2.75) is 31.7 Å². The number of benzene rings is 1. The molecule has 1 aliphatic rings. The summed E-state index contributed by atoms with van der Waals surface area (Å²) in [5.41, 5.74) is 1.41. The minimum atomic E-state index is 0.743. The number of aryl methyl sites for hydroxylation is 1. The number of nitrogens with one attached hydrogen (secondary N) is 1. The van der Waals surface area contributed by atoms with E-state index in [-0.39, 0.29) is 0 Å². The normalized spacial score (nSPS) is 20.5. The van der Waals surface area contributed by atoms with Gasteiger partial charge in [-0.1, -0.05) is 12.1 Å². The molecule has 0 radical (unpaired) electrons. The first-order chi connectivity index (χ1) is 7.38. The highest BCUT2D eigenvalue weighted by molar-refractivity contribution is 5.27. The molecule has 0 spiro atoms. The van der Waals surface area contributed by atoms with Crippen LogP contribution in [0.4, 0.5) is 0 Å². The Balaban J connectivity index is 1.82. The van der Waals surface area contributed by atoms with Crippen molar-refractivity contribution in [1.29, 1.82) is 0 Å². The van der Waals surface area contributed by atoms with Crippen molar-refractivity contribution in [2.75, 3.05) is 13.7 Å². The maximum absolute atomic E-state index is 5.13. The van der Waals surface area contributed by atoms with Crippen LogP contribution in [-0.2, 0) is 6.42 Å². The van der Waals surface area contributed by atoms with Crippen molar-refractivity contribution in [3.05, 3.63) is 29.8 Å². The minimum absolute atomic E-state index is 0.743. The smallest absolute Gasteiger partial charge is 0.118 e. The molecule has 82 valence electrons. The largest absolute Gasteiger partial charge is 0.497 e. The fourth-order valence-electron chi connectivity index (χ4n) is 2.14. The maximum Gasteiger partial charge on any atom is 0.118 e. The lowest BCUT2D eigenvalue weighted by Crippen LogP contribution is -2.21. The molecule has 2 rings (SSSR count). The van der Waals surface area contributed by atoms with Gasteiger partial charge >= 0.3 is 0 Å². The molecule has 0 aliphatic carbocycles. The van der Waals surface area contributed by atoms with E-state index in [4.69, 9.17) is 4.74 Å². The van der Waals surface area contributed by atoms with Gasteiger partial charge in [0.2, 0.25) is 0 Å². The van der Waals surface area contributed by atoms with Crippen LogP contribution < -0.4 is 10.1 Å². The molecule has 2 heteroatoms. The SMILES string of the molecule is COc1ccc(CCC2CCCN2)cc1. The lowest BCUT2D eigenvalue weighted by Gasteiger charge is -2.09. The quantitative estimate of drug-likeness (QED) is 0.815. The zero-order valence-corrected chi connectivity index (χ0v) is 9.33. The van der Waals surface area contributed by atoms with Gasteiger partial charge in [0.1, 0.15) is 5.75 Å². The van der Waals surface area contributed by atoms with Crippen LogP contribution in [-0.4, -0.2) is 19.7 Å². The average molecular weight is 205 g/mol. The molecule has 0 saturated carbocycles. The molecule has 1 heterocycles. The molecule has 1 atom stereocenters. The Hall–Kier alpha value is -1.02. The van der Waals surface area contributed by atoms with Gasteiger partial charge in [0.05, 0.1) is 7.11 Å². The van der Waals surface area contributed by atoms with Crippen molar-refractivity contribution in [2.24, 2.45) is 0 Å². The van der Waals surface area contributed by atoms with E-state index in [9.17, 15) is 0 Å². The summed E-state index contributed by atoms with van der Waals surface area (Å²) in [6.07, 6.45) is 5.11. The second-order valence-electron chi connectivity index (χ2n) is 4.18. The Kier molecular flexibility index (Phi) is 3.62. The second-order valence-corrected chi connectivity index (χ2v) is 4.18. The van der Waals surface area contributed by atoms with Crippen LogP contribution in [0.3, 0.4) is 0 Å². The third-order valence-corrected chi connectivity index (χ3v) is 3.10. The van der Waals surface area contributed by atoms with E-state index in [0.29, 0.717) is 0 Å². The third-order valence-electron chi connectivity index (χ3n) is 3.10. The number of rotatable bonds is 4.